The van der Waals surface area contributed by atoms with Gasteiger partial charge in [0.2, 0.25) is 0 Å². The number of pyridine rings is 1. The Morgan fingerprint density at radius 2 is 2.20 bits per heavy atom. The number of nitrogens with zero attached hydrogens (tertiary/aromatic N) is 2. The molecular weight excluding hydrogens is 274 g/mol. The second kappa shape index (κ2) is 4.90. The van der Waals surface area contributed by atoms with Crippen LogP contribution in [0.15, 0.2) is 36.7 Å². The Morgan fingerprint density at radius 3 is 3.00 bits per heavy atom. The van der Waals surface area contributed by atoms with Crippen LogP contribution in [0.25, 0.3) is 10.2 Å². The molecule has 20 heavy (non-hydrogen) atoms. The molecule has 0 aliphatic heterocycles. The molecule has 5 nitrogen and oxygen atoms in total. The van der Waals surface area contributed by atoms with E-state index in [1.807, 2.05) is 25.1 Å². The zero-order valence-corrected chi connectivity index (χ0v) is 11.4. The topological polar surface area (TPSA) is 75.1 Å². The molecule has 0 unspecified atom stereocenters. The van der Waals surface area contributed by atoms with Crippen molar-refractivity contribution >= 4 is 32.6 Å². The summed E-state index contributed by atoms with van der Waals surface area (Å²) in [5.41, 5.74) is 2.16. The zero-order chi connectivity index (χ0) is 14.1. The van der Waals surface area contributed by atoms with E-state index in [1.165, 1.54) is 29.8 Å². The molecule has 0 fully saturated rings. The number of nitrogens with one attached hydrogen (secondary N) is 1. The number of hydrogen-bond donors (Lipinski definition) is 2. The van der Waals surface area contributed by atoms with Crippen molar-refractivity contribution in [3.05, 3.63) is 47.8 Å². The first-order valence-corrected chi connectivity index (χ1v) is 6.76. The number of aromatic hydroxyl groups is 1. The number of thiazole rings is 1. The Morgan fingerprint density at radius 1 is 1.35 bits per heavy atom. The first-order chi connectivity index (χ1) is 9.63. The Labute approximate surface area is 118 Å². The highest BCUT2D eigenvalue weighted by Crippen LogP contribution is 2.27. The van der Waals surface area contributed by atoms with Crippen LogP contribution in [-0.2, 0) is 0 Å². The SMILES string of the molecule is Cc1ccc2nc(NC(=O)c3ccncc3O)sc2c1. The molecule has 0 spiro atoms. The van der Waals surface area contributed by atoms with Gasteiger partial charge in [-0.25, -0.2) is 4.98 Å². The van der Waals surface area contributed by atoms with Crippen molar-refractivity contribution in [1.29, 1.82) is 0 Å². The lowest BCUT2D eigenvalue weighted by Crippen LogP contribution is -2.11. The monoisotopic (exact) mass is 285 g/mol. The number of hydrogen-bond acceptors (Lipinski definition) is 5. The van der Waals surface area contributed by atoms with Crippen molar-refractivity contribution in [2.45, 2.75) is 6.92 Å². The smallest absolute Gasteiger partial charge is 0.261 e. The minimum atomic E-state index is -0.402. The third-order valence-corrected chi connectivity index (χ3v) is 3.74. The number of anilines is 1. The van der Waals surface area contributed by atoms with Gasteiger partial charge in [0.1, 0.15) is 5.75 Å². The van der Waals surface area contributed by atoms with Crippen LogP contribution in [0.1, 0.15) is 15.9 Å². The number of aryl methyl sites for hydroxylation is 1. The molecule has 0 bridgehead atoms. The highest BCUT2D eigenvalue weighted by molar-refractivity contribution is 7.22. The van der Waals surface area contributed by atoms with E-state index in [2.05, 4.69) is 15.3 Å². The third-order valence-electron chi connectivity index (χ3n) is 2.81. The lowest BCUT2D eigenvalue weighted by Gasteiger charge is -2.02. The molecule has 2 N–H and O–H groups in total. The maximum Gasteiger partial charge on any atom is 0.261 e. The van der Waals surface area contributed by atoms with Gasteiger partial charge in [0.25, 0.3) is 5.91 Å². The summed E-state index contributed by atoms with van der Waals surface area (Å²) in [5.74, 6) is -0.553. The molecule has 0 aliphatic carbocycles. The van der Waals surface area contributed by atoms with Crippen LogP contribution >= 0.6 is 11.3 Å². The Balaban J connectivity index is 1.89. The number of carbonyl (C=O) groups is 1. The van der Waals surface area contributed by atoms with Crippen LogP contribution in [0.5, 0.6) is 5.75 Å². The molecule has 0 atom stereocenters. The number of carbonyl (C=O) groups excluding carboxylic acids is 1. The highest BCUT2D eigenvalue weighted by Gasteiger charge is 2.13. The van der Waals surface area contributed by atoms with Gasteiger partial charge < -0.3 is 5.11 Å². The molecule has 0 aliphatic rings. The van der Waals surface area contributed by atoms with Crippen molar-refractivity contribution in [1.82, 2.24) is 9.97 Å². The average molecular weight is 285 g/mol. The summed E-state index contributed by atoms with van der Waals surface area (Å²) in [6.45, 7) is 2.01. The van der Waals surface area contributed by atoms with Gasteiger partial charge in [0.15, 0.2) is 5.13 Å². The fourth-order valence-electron chi connectivity index (χ4n) is 1.83. The van der Waals surface area contributed by atoms with Gasteiger partial charge in [0, 0.05) is 6.20 Å². The standard InChI is InChI=1S/C14H11N3O2S/c1-8-2-3-10-12(6-8)20-14(16-10)17-13(19)9-4-5-15-7-11(9)18/h2-7,18H,1H3,(H,16,17,19). The summed E-state index contributed by atoms with van der Waals surface area (Å²) in [5, 5.41) is 12.8. The third kappa shape index (κ3) is 2.33. The van der Waals surface area contributed by atoms with Crippen LogP contribution in [0.4, 0.5) is 5.13 Å². The number of rotatable bonds is 2. The molecule has 6 heteroatoms. The molecule has 2 heterocycles. The maximum atomic E-state index is 12.0. The van der Waals surface area contributed by atoms with Crippen molar-refractivity contribution in [2.24, 2.45) is 0 Å². The van der Waals surface area contributed by atoms with Crippen molar-refractivity contribution in [3.8, 4) is 5.75 Å². The second-order valence-corrected chi connectivity index (χ2v) is 5.37. The molecule has 0 radical (unpaired) electrons. The Hall–Kier alpha value is -2.47. The Bertz CT molecular complexity index is 798. The van der Waals surface area contributed by atoms with Gasteiger partial charge in [-0.05, 0) is 30.7 Å². The molecule has 0 saturated heterocycles. The summed E-state index contributed by atoms with van der Waals surface area (Å²) >= 11 is 1.40. The molecule has 3 aromatic rings. The van der Waals surface area contributed by atoms with Gasteiger partial charge in [0.05, 0.1) is 22.0 Å². The highest BCUT2D eigenvalue weighted by atomic mass is 32.1. The maximum absolute atomic E-state index is 12.0. The van der Waals surface area contributed by atoms with Gasteiger partial charge in [-0.1, -0.05) is 17.4 Å². The van der Waals surface area contributed by atoms with Crippen LogP contribution in [0.2, 0.25) is 0 Å². The largest absolute Gasteiger partial charge is 0.505 e. The molecule has 1 amide bonds. The first kappa shape index (κ1) is 12.6. The predicted octanol–water partition coefficient (Wildman–Crippen LogP) is 2.96. The number of aromatic nitrogens is 2. The predicted molar refractivity (Wildman–Crippen MR) is 78.2 cm³/mol. The molecular formula is C14H11N3O2S. The molecule has 100 valence electrons. The van der Waals surface area contributed by atoms with E-state index >= 15 is 0 Å². The quantitative estimate of drug-likeness (QED) is 0.759. The fraction of sp³-hybridized carbons (Fsp3) is 0.0714. The summed E-state index contributed by atoms with van der Waals surface area (Å²) in [6.07, 6.45) is 2.69. The fourth-order valence-corrected chi connectivity index (χ4v) is 2.79. The van der Waals surface area contributed by atoms with Gasteiger partial charge in [-0.3, -0.25) is 15.1 Å². The van der Waals surface area contributed by atoms with E-state index in [1.54, 1.807) is 0 Å². The summed E-state index contributed by atoms with van der Waals surface area (Å²) in [6, 6.07) is 7.37. The van der Waals surface area contributed by atoms with E-state index in [9.17, 15) is 9.90 Å². The van der Waals surface area contributed by atoms with Crippen LogP contribution in [0, 0.1) is 6.92 Å². The van der Waals surface area contributed by atoms with Gasteiger partial charge >= 0.3 is 0 Å². The van der Waals surface area contributed by atoms with E-state index in [4.69, 9.17) is 0 Å². The van der Waals surface area contributed by atoms with Crippen LogP contribution < -0.4 is 5.32 Å². The molecule has 1 aromatic carbocycles. The molecule has 0 saturated carbocycles. The summed E-state index contributed by atoms with van der Waals surface area (Å²) in [4.78, 5) is 20.1. The van der Waals surface area contributed by atoms with Crippen molar-refractivity contribution in [2.75, 3.05) is 5.32 Å². The van der Waals surface area contributed by atoms with E-state index in [0.29, 0.717) is 5.13 Å². The second-order valence-electron chi connectivity index (χ2n) is 4.34. The Kier molecular flexibility index (Phi) is 3.08. The number of amides is 1. The number of fused-ring (bicyclic) bond motifs is 1. The van der Waals surface area contributed by atoms with Gasteiger partial charge in [-0.2, -0.15) is 0 Å². The zero-order valence-electron chi connectivity index (χ0n) is 10.6. The first-order valence-electron chi connectivity index (χ1n) is 5.95. The minimum Gasteiger partial charge on any atom is -0.505 e. The summed E-state index contributed by atoms with van der Waals surface area (Å²) < 4.78 is 1.01. The van der Waals surface area contributed by atoms with Gasteiger partial charge in [-0.15, -0.1) is 0 Å². The number of benzene rings is 1. The van der Waals surface area contributed by atoms with E-state index < -0.39 is 5.91 Å². The normalized spacial score (nSPS) is 10.7. The van der Waals surface area contributed by atoms with Crippen LogP contribution in [0.3, 0.4) is 0 Å². The van der Waals surface area contributed by atoms with Crippen molar-refractivity contribution in [3.63, 3.8) is 0 Å². The minimum absolute atomic E-state index is 0.151. The van der Waals surface area contributed by atoms with Crippen LogP contribution in [-0.4, -0.2) is 21.0 Å². The van der Waals surface area contributed by atoms with Crippen molar-refractivity contribution < 1.29 is 9.90 Å². The molecule has 3 rings (SSSR count). The lowest BCUT2D eigenvalue weighted by molar-refractivity contribution is 0.102. The average Bonchev–Trinajstić information content (AvgIpc) is 2.80. The summed E-state index contributed by atoms with van der Waals surface area (Å²) in [7, 11) is 0. The molecule has 2 aromatic heterocycles. The van der Waals surface area contributed by atoms with E-state index in [0.717, 1.165) is 15.8 Å². The van der Waals surface area contributed by atoms with E-state index in [-0.39, 0.29) is 11.3 Å². The lowest BCUT2D eigenvalue weighted by atomic mass is 10.2.